The average Bonchev–Trinajstić information content (AvgIpc) is 2.72. The summed E-state index contributed by atoms with van der Waals surface area (Å²) in [6, 6.07) is 7.23. The molecule has 1 aromatic carbocycles. The molecule has 0 bridgehead atoms. The Morgan fingerprint density at radius 3 is 2.78 bits per heavy atom. The zero-order chi connectivity index (χ0) is 12.7. The summed E-state index contributed by atoms with van der Waals surface area (Å²) in [7, 11) is 0. The van der Waals surface area contributed by atoms with Crippen molar-refractivity contribution < 1.29 is 4.39 Å². The van der Waals surface area contributed by atoms with E-state index < -0.39 is 6.17 Å². The number of halogens is 1. The summed E-state index contributed by atoms with van der Waals surface area (Å²) in [6.45, 7) is 3.84. The third-order valence-electron chi connectivity index (χ3n) is 3.29. The lowest BCUT2D eigenvalue weighted by molar-refractivity contribution is 0.291. The van der Waals surface area contributed by atoms with Crippen molar-refractivity contribution in [3.8, 4) is 0 Å². The molecule has 4 heteroatoms. The topological polar surface area (TPSA) is 30.7 Å². The maximum absolute atomic E-state index is 14.2. The van der Waals surface area contributed by atoms with Crippen molar-refractivity contribution in [1.82, 2.24) is 15.0 Å². The van der Waals surface area contributed by atoms with Gasteiger partial charge in [-0.15, -0.1) is 5.10 Å². The van der Waals surface area contributed by atoms with Gasteiger partial charge in [0.1, 0.15) is 17.7 Å². The molecular weight excluding hydrogens is 229 g/mol. The highest BCUT2D eigenvalue weighted by Gasteiger charge is 2.28. The SMILES string of the molecule is CC1=CC(F)C(n2nnc3ccccc32)C(C)=C1. The minimum absolute atomic E-state index is 0.388. The lowest BCUT2D eigenvalue weighted by atomic mass is 9.95. The van der Waals surface area contributed by atoms with Crippen LogP contribution >= 0.6 is 0 Å². The number of nitrogens with zero attached hydrogens (tertiary/aromatic N) is 3. The minimum atomic E-state index is -1.06. The van der Waals surface area contributed by atoms with Crippen molar-refractivity contribution in [2.45, 2.75) is 26.1 Å². The van der Waals surface area contributed by atoms with Gasteiger partial charge in [-0.05, 0) is 37.6 Å². The molecule has 92 valence electrons. The predicted molar refractivity (Wildman–Crippen MR) is 69.0 cm³/mol. The standard InChI is InChI=1S/C14H14FN3/c1-9-7-10(2)14(11(15)8-9)18-13-6-4-3-5-12(13)16-17-18/h3-8,11,14H,1-2H3. The summed E-state index contributed by atoms with van der Waals surface area (Å²) < 4.78 is 15.9. The molecule has 2 atom stereocenters. The second kappa shape index (κ2) is 4.05. The molecule has 1 aliphatic carbocycles. The van der Waals surface area contributed by atoms with Gasteiger partial charge in [0.15, 0.2) is 0 Å². The molecule has 0 aliphatic heterocycles. The molecule has 0 saturated carbocycles. The van der Waals surface area contributed by atoms with E-state index in [0.717, 1.165) is 22.2 Å². The van der Waals surface area contributed by atoms with E-state index in [1.54, 1.807) is 10.8 Å². The Morgan fingerprint density at radius 1 is 1.22 bits per heavy atom. The van der Waals surface area contributed by atoms with Crippen LogP contribution in [0.4, 0.5) is 4.39 Å². The molecule has 0 fully saturated rings. The smallest absolute Gasteiger partial charge is 0.145 e. The number of benzene rings is 1. The molecule has 2 aromatic rings. The van der Waals surface area contributed by atoms with Crippen LogP contribution < -0.4 is 0 Å². The first kappa shape index (κ1) is 11.1. The molecule has 1 aliphatic rings. The van der Waals surface area contributed by atoms with Crippen LogP contribution in [0.5, 0.6) is 0 Å². The zero-order valence-electron chi connectivity index (χ0n) is 10.3. The molecule has 18 heavy (non-hydrogen) atoms. The first-order chi connectivity index (χ1) is 8.66. The van der Waals surface area contributed by atoms with E-state index in [1.807, 2.05) is 44.2 Å². The third kappa shape index (κ3) is 1.65. The Kier molecular flexibility index (Phi) is 2.51. The lowest BCUT2D eigenvalue weighted by Gasteiger charge is -2.24. The molecule has 0 saturated heterocycles. The zero-order valence-corrected chi connectivity index (χ0v) is 10.3. The maximum Gasteiger partial charge on any atom is 0.145 e. The van der Waals surface area contributed by atoms with Gasteiger partial charge in [0, 0.05) is 0 Å². The van der Waals surface area contributed by atoms with Crippen molar-refractivity contribution >= 4 is 11.0 Å². The highest BCUT2D eigenvalue weighted by Crippen LogP contribution is 2.31. The van der Waals surface area contributed by atoms with Gasteiger partial charge >= 0.3 is 0 Å². The van der Waals surface area contributed by atoms with E-state index in [4.69, 9.17) is 0 Å². The molecule has 0 spiro atoms. The molecule has 0 amide bonds. The summed E-state index contributed by atoms with van der Waals surface area (Å²) in [6.07, 6.45) is 2.57. The molecular formula is C14H14FN3. The molecule has 3 rings (SSSR count). The first-order valence-corrected chi connectivity index (χ1v) is 5.97. The fourth-order valence-electron chi connectivity index (χ4n) is 2.51. The molecule has 1 heterocycles. The Morgan fingerprint density at radius 2 is 2.00 bits per heavy atom. The minimum Gasteiger partial charge on any atom is -0.240 e. The number of hydrogen-bond donors (Lipinski definition) is 0. The van der Waals surface area contributed by atoms with Crippen molar-refractivity contribution in [1.29, 1.82) is 0 Å². The summed E-state index contributed by atoms with van der Waals surface area (Å²) in [4.78, 5) is 0. The number of hydrogen-bond acceptors (Lipinski definition) is 2. The van der Waals surface area contributed by atoms with Crippen LogP contribution in [0, 0.1) is 0 Å². The highest BCUT2D eigenvalue weighted by molar-refractivity contribution is 5.74. The summed E-state index contributed by atoms with van der Waals surface area (Å²) in [5.41, 5.74) is 3.59. The molecule has 0 radical (unpaired) electrons. The second-order valence-electron chi connectivity index (χ2n) is 4.71. The molecule has 0 N–H and O–H groups in total. The number of allylic oxidation sites excluding steroid dienone is 4. The van der Waals surface area contributed by atoms with Crippen LogP contribution in [-0.2, 0) is 0 Å². The summed E-state index contributed by atoms with van der Waals surface area (Å²) in [5, 5.41) is 8.18. The van der Waals surface area contributed by atoms with E-state index in [0.29, 0.717) is 0 Å². The average molecular weight is 243 g/mol. The number of fused-ring (bicyclic) bond motifs is 1. The molecule has 1 aromatic heterocycles. The van der Waals surface area contributed by atoms with E-state index in [1.165, 1.54) is 0 Å². The number of alkyl halides is 1. The van der Waals surface area contributed by atoms with E-state index >= 15 is 0 Å². The third-order valence-corrected chi connectivity index (χ3v) is 3.29. The predicted octanol–water partition coefficient (Wildman–Crippen LogP) is 3.22. The monoisotopic (exact) mass is 243 g/mol. The van der Waals surface area contributed by atoms with Gasteiger partial charge in [-0.1, -0.05) is 29.0 Å². The quantitative estimate of drug-likeness (QED) is 0.770. The Bertz CT molecular complexity index is 654. The van der Waals surface area contributed by atoms with Crippen molar-refractivity contribution in [3.05, 3.63) is 47.6 Å². The van der Waals surface area contributed by atoms with Crippen LogP contribution in [0.25, 0.3) is 11.0 Å². The molecule has 2 unspecified atom stereocenters. The van der Waals surface area contributed by atoms with Crippen LogP contribution in [0.1, 0.15) is 19.9 Å². The van der Waals surface area contributed by atoms with Gasteiger partial charge in [-0.3, -0.25) is 0 Å². The van der Waals surface area contributed by atoms with E-state index in [2.05, 4.69) is 10.3 Å². The molecule has 3 nitrogen and oxygen atoms in total. The fraction of sp³-hybridized carbons (Fsp3) is 0.286. The summed E-state index contributed by atoms with van der Waals surface area (Å²) in [5.74, 6) is 0. The van der Waals surface area contributed by atoms with Crippen LogP contribution in [-0.4, -0.2) is 21.2 Å². The summed E-state index contributed by atoms with van der Waals surface area (Å²) >= 11 is 0. The van der Waals surface area contributed by atoms with Gasteiger partial charge in [0.25, 0.3) is 0 Å². The van der Waals surface area contributed by atoms with Crippen molar-refractivity contribution in [2.75, 3.05) is 0 Å². The van der Waals surface area contributed by atoms with Crippen molar-refractivity contribution in [3.63, 3.8) is 0 Å². The van der Waals surface area contributed by atoms with Gasteiger partial charge < -0.3 is 0 Å². The van der Waals surface area contributed by atoms with Gasteiger partial charge in [-0.2, -0.15) is 0 Å². The lowest BCUT2D eigenvalue weighted by Crippen LogP contribution is -2.24. The van der Waals surface area contributed by atoms with E-state index in [9.17, 15) is 4.39 Å². The Hall–Kier alpha value is -1.97. The van der Waals surface area contributed by atoms with Crippen LogP contribution in [0.15, 0.2) is 47.6 Å². The first-order valence-electron chi connectivity index (χ1n) is 5.97. The van der Waals surface area contributed by atoms with Gasteiger partial charge in [-0.25, -0.2) is 9.07 Å². The maximum atomic E-state index is 14.2. The number of aromatic nitrogens is 3. The second-order valence-corrected chi connectivity index (χ2v) is 4.71. The Labute approximate surface area is 105 Å². The van der Waals surface area contributed by atoms with Crippen LogP contribution in [0.3, 0.4) is 0 Å². The largest absolute Gasteiger partial charge is 0.240 e. The van der Waals surface area contributed by atoms with Crippen molar-refractivity contribution in [2.24, 2.45) is 0 Å². The highest BCUT2D eigenvalue weighted by atomic mass is 19.1. The Balaban J connectivity index is 2.13. The number of rotatable bonds is 1. The number of para-hydroxylation sites is 1. The van der Waals surface area contributed by atoms with Crippen LogP contribution in [0.2, 0.25) is 0 Å². The normalized spacial score (nSPS) is 23.9. The van der Waals surface area contributed by atoms with E-state index in [-0.39, 0.29) is 6.04 Å². The fourth-order valence-corrected chi connectivity index (χ4v) is 2.51. The van der Waals surface area contributed by atoms with Gasteiger partial charge in [0.2, 0.25) is 0 Å². The van der Waals surface area contributed by atoms with Gasteiger partial charge in [0.05, 0.1) is 5.52 Å².